The van der Waals surface area contributed by atoms with Crippen LogP contribution < -0.4 is 5.32 Å². The standard InChI is InChI=1S/C18H27N3.HI/c1-3-4-8-13-20-18(19-2)21-14-11-17(12-15-21)16-9-6-5-7-10-16;/h5-7,9-11H,3-4,8,12-15H2,1-2H3,(H,19,20);1H. The topological polar surface area (TPSA) is 27.6 Å². The zero-order valence-electron chi connectivity index (χ0n) is 13.7. The second kappa shape index (κ2) is 10.6. The van der Waals surface area contributed by atoms with E-state index in [1.165, 1.54) is 30.4 Å². The van der Waals surface area contributed by atoms with Gasteiger partial charge in [-0.05, 0) is 24.0 Å². The average molecular weight is 413 g/mol. The van der Waals surface area contributed by atoms with Crippen LogP contribution in [0.1, 0.15) is 38.2 Å². The fourth-order valence-electron chi connectivity index (χ4n) is 2.68. The van der Waals surface area contributed by atoms with Gasteiger partial charge in [0.25, 0.3) is 0 Å². The molecule has 2 rings (SSSR count). The number of unbranched alkanes of at least 4 members (excludes halogenated alkanes) is 2. The van der Waals surface area contributed by atoms with E-state index in [-0.39, 0.29) is 24.0 Å². The van der Waals surface area contributed by atoms with Crippen molar-refractivity contribution < 1.29 is 0 Å². The van der Waals surface area contributed by atoms with Crippen LogP contribution in [0.2, 0.25) is 0 Å². The second-order valence-electron chi connectivity index (χ2n) is 5.47. The lowest BCUT2D eigenvalue weighted by Crippen LogP contribution is -2.43. The van der Waals surface area contributed by atoms with Gasteiger partial charge in [0.05, 0.1) is 0 Å². The van der Waals surface area contributed by atoms with Crippen molar-refractivity contribution in [3.05, 3.63) is 42.0 Å². The van der Waals surface area contributed by atoms with Gasteiger partial charge in [0.1, 0.15) is 0 Å². The molecule has 0 spiro atoms. The van der Waals surface area contributed by atoms with Crippen molar-refractivity contribution >= 4 is 35.5 Å². The molecule has 0 saturated carbocycles. The third-order valence-corrected chi connectivity index (χ3v) is 3.93. The van der Waals surface area contributed by atoms with Crippen LogP contribution >= 0.6 is 24.0 Å². The number of nitrogens with one attached hydrogen (secondary N) is 1. The Morgan fingerprint density at radius 1 is 1.23 bits per heavy atom. The number of guanidine groups is 1. The number of rotatable bonds is 5. The van der Waals surface area contributed by atoms with E-state index in [4.69, 9.17) is 0 Å². The van der Waals surface area contributed by atoms with Crippen molar-refractivity contribution in [1.82, 2.24) is 10.2 Å². The first-order valence-electron chi connectivity index (χ1n) is 8.05. The van der Waals surface area contributed by atoms with Crippen LogP contribution in [0.5, 0.6) is 0 Å². The average Bonchev–Trinajstić information content (AvgIpc) is 2.56. The fraction of sp³-hybridized carbons (Fsp3) is 0.500. The van der Waals surface area contributed by atoms with Crippen LogP contribution in [0.4, 0.5) is 0 Å². The molecule has 0 amide bonds. The maximum atomic E-state index is 4.41. The Bertz CT molecular complexity index is 482. The van der Waals surface area contributed by atoms with Gasteiger partial charge in [0, 0.05) is 26.7 Å². The van der Waals surface area contributed by atoms with E-state index in [1.807, 2.05) is 7.05 Å². The minimum Gasteiger partial charge on any atom is -0.356 e. The molecule has 22 heavy (non-hydrogen) atoms. The first kappa shape index (κ1) is 19.0. The number of hydrogen-bond acceptors (Lipinski definition) is 1. The van der Waals surface area contributed by atoms with E-state index in [1.54, 1.807) is 0 Å². The van der Waals surface area contributed by atoms with E-state index in [0.717, 1.165) is 32.0 Å². The van der Waals surface area contributed by atoms with Gasteiger partial charge in [0.15, 0.2) is 5.96 Å². The molecule has 0 unspecified atom stereocenters. The second-order valence-corrected chi connectivity index (χ2v) is 5.47. The molecule has 3 nitrogen and oxygen atoms in total. The molecule has 1 aliphatic rings. The van der Waals surface area contributed by atoms with Crippen LogP contribution in [-0.2, 0) is 0 Å². The molecule has 0 atom stereocenters. The predicted molar refractivity (Wildman–Crippen MR) is 107 cm³/mol. The van der Waals surface area contributed by atoms with E-state index >= 15 is 0 Å². The van der Waals surface area contributed by atoms with Crippen LogP contribution in [-0.4, -0.2) is 37.5 Å². The van der Waals surface area contributed by atoms with Gasteiger partial charge in [-0.1, -0.05) is 56.2 Å². The summed E-state index contributed by atoms with van der Waals surface area (Å²) in [5.74, 6) is 1.04. The predicted octanol–water partition coefficient (Wildman–Crippen LogP) is 4.16. The highest BCUT2D eigenvalue weighted by atomic mass is 127. The minimum absolute atomic E-state index is 0. The van der Waals surface area contributed by atoms with Crippen molar-refractivity contribution in [3.63, 3.8) is 0 Å². The Morgan fingerprint density at radius 3 is 2.59 bits per heavy atom. The van der Waals surface area contributed by atoms with Crippen LogP contribution in [0.3, 0.4) is 0 Å². The van der Waals surface area contributed by atoms with Gasteiger partial charge in [-0.25, -0.2) is 0 Å². The van der Waals surface area contributed by atoms with Gasteiger partial charge in [-0.3, -0.25) is 4.99 Å². The third-order valence-electron chi connectivity index (χ3n) is 3.93. The lowest BCUT2D eigenvalue weighted by molar-refractivity contribution is 0.439. The Morgan fingerprint density at radius 2 is 2.00 bits per heavy atom. The highest BCUT2D eigenvalue weighted by Gasteiger charge is 2.15. The summed E-state index contributed by atoms with van der Waals surface area (Å²) in [4.78, 5) is 6.74. The summed E-state index contributed by atoms with van der Waals surface area (Å²) in [6, 6.07) is 10.7. The summed E-state index contributed by atoms with van der Waals surface area (Å²) in [6.45, 7) is 5.23. The lowest BCUT2D eigenvalue weighted by atomic mass is 10.00. The molecule has 0 aromatic heterocycles. The number of halogens is 1. The Hall–Kier alpha value is -1.04. The maximum Gasteiger partial charge on any atom is 0.193 e. The largest absolute Gasteiger partial charge is 0.356 e. The SMILES string of the molecule is CCCCCNC(=NC)N1CC=C(c2ccccc2)CC1.I. The molecule has 1 N–H and O–H groups in total. The van der Waals surface area contributed by atoms with Crippen molar-refractivity contribution in [2.75, 3.05) is 26.7 Å². The third kappa shape index (κ3) is 5.63. The number of aliphatic imine (C=N–C) groups is 1. The minimum atomic E-state index is 0. The van der Waals surface area contributed by atoms with Gasteiger partial charge >= 0.3 is 0 Å². The maximum absolute atomic E-state index is 4.41. The van der Waals surface area contributed by atoms with Gasteiger partial charge in [0.2, 0.25) is 0 Å². The normalized spacial score (nSPS) is 15.1. The number of nitrogens with zero attached hydrogens (tertiary/aromatic N) is 2. The van der Waals surface area contributed by atoms with Crippen molar-refractivity contribution in [2.24, 2.45) is 4.99 Å². The van der Waals surface area contributed by atoms with E-state index in [9.17, 15) is 0 Å². The van der Waals surface area contributed by atoms with Crippen molar-refractivity contribution in [2.45, 2.75) is 32.6 Å². The van der Waals surface area contributed by atoms with Crippen molar-refractivity contribution in [1.29, 1.82) is 0 Å². The first-order valence-corrected chi connectivity index (χ1v) is 8.05. The summed E-state index contributed by atoms with van der Waals surface area (Å²) in [7, 11) is 1.87. The Labute approximate surface area is 151 Å². The summed E-state index contributed by atoms with van der Waals surface area (Å²) in [5, 5.41) is 3.48. The highest BCUT2D eigenvalue weighted by Crippen LogP contribution is 2.21. The van der Waals surface area contributed by atoms with E-state index < -0.39 is 0 Å². The quantitative estimate of drug-likeness (QED) is 0.340. The van der Waals surface area contributed by atoms with Gasteiger partial charge in [-0.2, -0.15) is 0 Å². The molecule has 4 heteroatoms. The molecule has 0 fully saturated rings. The summed E-state index contributed by atoms with van der Waals surface area (Å²) in [6.07, 6.45) is 7.17. The molecule has 0 aliphatic carbocycles. The molecule has 0 bridgehead atoms. The van der Waals surface area contributed by atoms with E-state index in [0.29, 0.717) is 0 Å². The zero-order chi connectivity index (χ0) is 14.9. The van der Waals surface area contributed by atoms with Crippen LogP contribution in [0, 0.1) is 0 Å². The molecule has 0 saturated heterocycles. The summed E-state index contributed by atoms with van der Waals surface area (Å²) < 4.78 is 0. The molecule has 1 aromatic rings. The Balaban J connectivity index is 0.00000242. The molecule has 1 heterocycles. The molecule has 1 aliphatic heterocycles. The Kier molecular flexibility index (Phi) is 9.20. The smallest absolute Gasteiger partial charge is 0.193 e. The molecule has 122 valence electrons. The van der Waals surface area contributed by atoms with E-state index in [2.05, 4.69) is 58.5 Å². The zero-order valence-corrected chi connectivity index (χ0v) is 16.0. The summed E-state index contributed by atoms with van der Waals surface area (Å²) >= 11 is 0. The molecule has 0 radical (unpaired) electrons. The molecular formula is C18H28IN3. The number of hydrogen-bond donors (Lipinski definition) is 1. The van der Waals surface area contributed by atoms with Gasteiger partial charge in [-0.15, -0.1) is 24.0 Å². The van der Waals surface area contributed by atoms with Crippen LogP contribution in [0.15, 0.2) is 41.4 Å². The fourth-order valence-corrected chi connectivity index (χ4v) is 2.68. The number of benzene rings is 1. The summed E-state index contributed by atoms with van der Waals surface area (Å²) in [5.41, 5.74) is 2.80. The highest BCUT2D eigenvalue weighted by molar-refractivity contribution is 14.0. The molecule has 1 aromatic carbocycles. The van der Waals surface area contributed by atoms with Crippen LogP contribution in [0.25, 0.3) is 5.57 Å². The first-order chi connectivity index (χ1) is 10.3. The van der Waals surface area contributed by atoms with Gasteiger partial charge < -0.3 is 10.2 Å². The van der Waals surface area contributed by atoms with Crippen molar-refractivity contribution in [3.8, 4) is 0 Å². The lowest BCUT2D eigenvalue weighted by Gasteiger charge is -2.29. The monoisotopic (exact) mass is 413 g/mol. The molecular weight excluding hydrogens is 385 g/mol.